The summed E-state index contributed by atoms with van der Waals surface area (Å²) in [5.74, 6) is -0.331. The van der Waals surface area contributed by atoms with E-state index in [1.54, 1.807) is 31.2 Å². The average Bonchev–Trinajstić information content (AvgIpc) is 2.58. The molecule has 0 aliphatic rings. The normalized spacial score (nSPS) is 12.1. The molecule has 1 atom stereocenters. The molecule has 0 aliphatic carbocycles. The minimum absolute atomic E-state index is 0. The van der Waals surface area contributed by atoms with Crippen LogP contribution >= 0.6 is 12.4 Å². The lowest BCUT2D eigenvalue weighted by molar-refractivity contribution is -0.153. The van der Waals surface area contributed by atoms with Crippen LogP contribution in [-0.2, 0) is 11.3 Å². The van der Waals surface area contributed by atoms with Crippen LogP contribution in [0.3, 0.4) is 0 Å². The van der Waals surface area contributed by atoms with Crippen molar-refractivity contribution in [1.82, 2.24) is 5.32 Å². The van der Waals surface area contributed by atoms with Crippen molar-refractivity contribution < 1.29 is 22.7 Å². The number of hydrogen-bond donors (Lipinski definition) is 2. The van der Waals surface area contributed by atoms with Crippen LogP contribution in [-0.4, -0.2) is 18.7 Å². The number of carbonyl (C=O) groups excluding carboxylic acids is 1. The van der Waals surface area contributed by atoms with Crippen molar-refractivity contribution in [2.45, 2.75) is 32.6 Å². The molecule has 2 aromatic rings. The van der Waals surface area contributed by atoms with Gasteiger partial charge in [0, 0.05) is 12.1 Å². The van der Waals surface area contributed by atoms with Crippen LogP contribution in [0, 0.1) is 13.8 Å². The summed E-state index contributed by atoms with van der Waals surface area (Å²) < 4.78 is 42.1. The maximum absolute atomic E-state index is 12.4. The Morgan fingerprint density at radius 1 is 1.11 bits per heavy atom. The summed E-state index contributed by atoms with van der Waals surface area (Å²) in [5, 5.41) is 2.64. The lowest BCUT2D eigenvalue weighted by atomic mass is 10.1. The third-order valence-electron chi connectivity index (χ3n) is 3.79. The molecule has 0 heterocycles. The second-order valence-electron chi connectivity index (χ2n) is 6.12. The summed E-state index contributed by atoms with van der Waals surface area (Å²) in [6.07, 6.45) is -4.43. The molecule has 4 nitrogen and oxygen atoms in total. The first-order chi connectivity index (χ1) is 12.2. The Labute approximate surface area is 162 Å². The maximum atomic E-state index is 12.4. The van der Waals surface area contributed by atoms with E-state index in [1.165, 1.54) is 6.07 Å². The molecule has 0 saturated heterocycles. The lowest BCUT2D eigenvalue weighted by Gasteiger charge is -2.16. The number of hydrogen-bond acceptors (Lipinski definition) is 3. The van der Waals surface area contributed by atoms with E-state index in [2.05, 4.69) is 5.32 Å². The van der Waals surface area contributed by atoms with E-state index in [4.69, 9.17) is 10.5 Å². The largest absolute Gasteiger partial charge is 0.484 e. The molecule has 0 fully saturated rings. The second kappa shape index (κ2) is 9.62. The number of halogens is 4. The number of rotatable bonds is 6. The number of nitrogens with one attached hydrogen (secondary N) is 1. The van der Waals surface area contributed by atoms with Crippen LogP contribution in [0.15, 0.2) is 42.5 Å². The van der Waals surface area contributed by atoms with E-state index in [0.717, 1.165) is 11.1 Å². The highest BCUT2D eigenvalue weighted by Gasteiger charge is 2.29. The standard InChI is InChI=1S/C19H21F3N2O2.ClH/c1-12-3-6-14(7-4-12)17(23)18(25)24-10-15-8-5-13(2)9-16(15)26-11-19(20,21)22;/h3-9,17H,10-11,23H2,1-2H3,(H,24,25);1H. The first-order valence-corrected chi connectivity index (χ1v) is 8.04. The van der Waals surface area contributed by atoms with E-state index < -0.39 is 24.7 Å². The predicted molar refractivity (Wildman–Crippen MR) is 99.9 cm³/mol. The number of benzene rings is 2. The summed E-state index contributed by atoms with van der Waals surface area (Å²) in [4.78, 5) is 12.2. The van der Waals surface area contributed by atoms with Crippen molar-refractivity contribution >= 4 is 18.3 Å². The van der Waals surface area contributed by atoms with Crippen LogP contribution in [0.2, 0.25) is 0 Å². The number of amides is 1. The monoisotopic (exact) mass is 402 g/mol. The van der Waals surface area contributed by atoms with Gasteiger partial charge in [-0.2, -0.15) is 13.2 Å². The van der Waals surface area contributed by atoms with E-state index >= 15 is 0 Å². The van der Waals surface area contributed by atoms with Crippen molar-refractivity contribution in [1.29, 1.82) is 0 Å². The Morgan fingerprint density at radius 2 is 1.70 bits per heavy atom. The fourth-order valence-electron chi connectivity index (χ4n) is 2.32. The van der Waals surface area contributed by atoms with E-state index in [-0.39, 0.29) is 24.7 Å². The van der Waals surface area contributed by atoms with Gasteiger partial charge in [-0.25, -0.2) is 0 Å². The Morgan fingerprint density at radius 3 is 2.30 bits per heavy atom. The number of alkyl halides is 3. The van der Waals surface area contributed by atoms with E-state index in [0.29, 0.717) is 11.1 Å². The molecule has 0 radical (unpaired) electrons. The minimum Gasteiger partial charge on any atom is -0.484 e. The van der Waals surface area contributed by atoms with Crippen LogP contribution < -0.4 is 15.8 Å². The highest BCUT2D eigenvalue weighted by molar-refractivity contribution is 5.85. The summed E-state index contributed by atoms with van der Waals surface area (Å²) >= 11 is 0. The van der Waals surface area contributed by atoms with E-state index in [1.807, 2.05) is 19.1 Å². The Hall–Kier alpha value is -2.25. The summed E-state index contributed by atoms with van der Waals surface area (Å²) in [6, 6.07) is 11.2. The first kappa shape index (κ1) is 22.8. The van der Waals surface area contributed by atoms with Crippen LogP contribution in [0.1, 0.15) is 28.3 Å². The third-order valence-corrected chi connectivity index (χ3v) is 3.79. The Kier molecular flexibility index (Phi) is 8.12. The smallest absolute Gasteiger partial charge is 0.422 e. The van der Waals surface area contributed by atoms with Gasteiger partial charge in [0.25, 0.3) is 0 Å². The third kappa shape index (κ3) is 7.11. The molecule has 2 aromatic carbocycles. The lowest BCUT2D eigenvalue weighted by Crippen LogP contribution is -2.33. The number of carbonyl (C=O) groups is 1. The van der Waals surface area contributed by atoms with Gasteiger partial charge in [-0.3, -0.25) is 4.79 Å². The van der Waals surface area contributed by atoms with Crippen molar-refractivity contribution in [3.8, 4) is 5.75 Å². The van der Waals surface area contributed by atoms with Crippen molar-refractivity contribution in [2.75, 3.05) is 6.61 Å². The van der Waals surface area contributed by atoms with Gasteiger partial charge >= 0.3 is 6.18 Å². The number of nitrogens with two attached hydrogens (primary N) is 1. The molecule has 148 valence electrons. The van der Waals surface area contributed by atoms with Crippen LogP contribution in [0.4, 0.5) is 13.2 Å². The van der Waals surface area contributed by atoms with Gasteiger partial charge in [-0.15, -0.1) is 12.4 Å². The second-order valence-corrected chi connectivity index (χ2v) is 6.12. The highest BCUT2D eigenvalue weighted by Crippen LogP contribution is 2.24. The molecule has 0 spiro atoms. The Bertz CT molecular complexity index is 765. The molecule has 3 N–H and O–H groups in total. The molecule has 0 aliphatic heterocycles. The van der Waals surface area contributed by atoms with Crippen LogP contribution in [0.25, 0.3) is 0 Å². The molecule has 0 bridgehead atoms. The van der Waals surface area contributed by atoms with Crippen LogP contribution in [0.5, 0.6) is 5.75 Å². The fraction of sp³-hybridized carbons (Fsp3) is 0.316. The zero-order chi connectivity index (χ0) is 19.3. The summed E-state index contributed by atoms with van der Waals surface area (Å²) in [7, 11) is 0. The topological polar surface area (TPSA) is 64.4 Å². The Balaban J connectivity index is 0.00000364. The maximum Gasteiger partial charge on any atom is 0.422 e. The van der Waals surface area contributed by atoms with Gasteiger partial charge < -0.3 is 15.8 Å². The van der Waals surface area contributed by atoms with Gasteiger partial charge in [0.15, 0.2) is 6.61 Å². The zero-order valence-electron chi connectivity index (χ0n) is 15.0. The number of aryl methyl sites for hydroxylation is 2. The molecule has 27 heavy (non-hydrogen) atoms. The summed E-state index contributed by atoms with van der Waals surface area (Å²) in [5.41, 5.74) is 8.85. The molecule has 0 saturated carbocycles. The zero-order valence-corrected chi connectivity index (χ0v) is 15.8. The van der Waals surface area contributed by atoms with Gasteiger partial charge in [0.05, 0.1) is 0 Å². The molecule has 1 amide bonds. The minimum atomic E-state index is -4.43. The van der Waals surface area contributed by atoms with Crippen molar-refractivity contribution in [2.24, 2.45) is 5.73 Å². The molecular formula is C19H22ClF3N2O2. The van der Waals surface area contributed by atoms with Crippen molar-refractivity contribution in [3.63, 3.8) is 0 Å². The fourth-order valence-corrected chi connectivity index (χ4v) is 2.32. The van der Waals surface area contributed by atoms with Gasteiger partial charge in [-0.1, -0.05) is 42.0 Å². The number of ether oxygens (including phenoxy) is 1. The van der Waals surface area contributed by atoms with Crippen molar-refractivity contribution in [3.05, 3.63) is 64.7 Å². The highest BCUT2D eigenvalue weighted by atomic mass is 35.5. The van der Waals surface area contributed by atoms with Gasteiger partial charge in [-0.05, 0) is 31.0 Å². The predicted octanol–water partition coefficient (Wildman–Crippen LogP) is 3.98. The SMILES string of the molecule is Cc1ccc(C(N)C(=O)NCc2ccc(C)cc2OCC(F)(F)F)cc1.Cl. The molecule has 0 aromatic heterocycles. The summed E-state index contributed by atoms with van der Waals surface area (Å²) in [6.45, 7) is 2.30. The van der Waals surface area contributed by atoms with Gasteiger partial charge in [0.2, 0.25) is 5.91 Å². The van der Waals surface area contributed by atoms with E-state index in [9.17, 15) is 18.0 Å². The molecule has 8 heteroatoms. The quantitative estimate of drug-likeness (QED) is 0.768. The van der Waals surface area contributed by atoms with Gasteiger partial charge in [0.1, 0.15) is 11.8 Å². The molecular weight excluding hydrogens is 381 g/mol. The molecule has 1 unspecified atom stereocenters. The average molecular weight is 403 g/mol. The first-order valence-electron chi connectivity index (χ1n) is 8.04. The molecule has 2 rings (SSSR count).